The van der Waals surface area contributed by atoms with Gasteiger partial charge in [-0.2, -0.15) is 5.10 Å². The number of amides is 1. The van der Waals surface area contributed by atoms with E-state index in [4.69, 9.17) is 5.10 Å². The van der Waals surface area contributed by atoms with Crippen molar-refractivity contribution >= 4 is 23.1 Å². The molecule has 172 valence electrons. The van der Waals surface area contributed by atoms with Gasteiger partial charge in [-0.15, -0.1) is 0 Å². The molecule has 5 rings (SSSR count). The van der Waals surface area contributed by atoms with Crippen molar-refractivity contribution in [3.63, 3.8) is 0 Å². The molecule has 0 spiro atoms. The Morgan fingerprint density at radius 2 is 1.60 bits per heavy atom. The van der Waals surface area contributed by atoms with Gasteiger partial charge < -0.3 is 10.6 Å². The molecule has 1 amide bonds. The van der Waals surface area contributed by atoms with Gasteiger partial charge in [-0.25, -0.2) is 9.67 Å². The first kappa shape index (κ1) is 22.1. The number of benzene rings is 3. The molecule has 0 atom stereocenters. The van der Waals surface area contributed by atoms with Crippen LogP contribution in [-0.2, 0) is 0 Å². The van der Waals surface area contributed by atoms with E-state index in [2.05, 4.69) is 46.8 Å². The molecule has 0 saturated heterocycles. The summed E-state index contributed by atoms with van der Waals surface area (Å²) >= 11 is 0. The number of aromatic nitrogens is 3. The molecule has 2 aromatic heterocycles. The third-order valence-electron chi connectivity index (χ3n) is 5.58. The fourth-order valence-corrected chi connectivity index (χ4v) is 3.90. The van der Waals surface area contributed by atoms with Crippen LogP contribution in [0.25, 0.3) is 16.9 Å². The summed E-state index contributed by atoms with van der Waals surface area (Å²) in [6.07, 6.45) is 1.78. The average Bonchev–Trinajstić information content (AvgIpc) is 3.27. The Bertz CT molecular complexity index is 1470. The van der Waals surface area contributed by atoms with E-state index < -0.39 is 0 Å². The molecule has 35 heavy (non-hydrogen) atoms. The highest BCUT2D eigenvalue weighted by Gasteiger charge is 2.12. The van der Waals surface area contributed by atoms with Gasteiger partial charge in [0.15, 0.2) is 0 Å². The van der Waals surface area contributed by atoms with Gasteiger partial charge in [-0.1, -0.05) is 30.3 Å². The molecule has 0 aliphatic heterocycles. The standard InChI is InChI=1S/C29H25N5O/c1-20-7-6-10-26(17-20)34-27(18-21(2)33-34)23-15-16-30-28(19-23)31-25-13-11-22(12-14-25)29(35)32-24-8-4-3-5-9-24/h3-19H,1-2H3,(H,30,31)(H,32,35). The summed E-state index contributed by atoms with van der Waals surface area (Å²) < 4.78 is 1.96. The molecule has 0 aliphatic rings. The van der Waals surface area contributed by atoms with Crippen molar-refractivity contribution < 1.29 is 4.79 Å². The zero-order valence-electron chi connectivity index (χ0n) is 19.6. The number of hydrogen-bond acceptors (Lipinski definition) is 4. The second kappa shape index (κ2) is 9.65. The quantitative estimate of drug-likeness (QED) is 0.302. The Labute approximate surface area is 204 Å². The van der Waals surface area contributed by atoms with E-state index in [1.165, 1.54) is 5.56 Å². The third kappa shape index (κ3) is 5.12. The van der Waals surface area contributed by atoms with Crippen LogP contribution in [0.15, 0.2) is 103 Å². The third-order valence-corrected chi connectivity index (χ3v) is 5.58. The summed E-state index contributed by atoms with van der Waals surface area (Å²) in [5.41, 5.74) is 7.32. The number of para-hydroxylation sites is 1. The first-order chi connectivity index (χ1) is 17.0. The van der Waals surface area contributed by atoms with E-state index >= 15 is 0 Å². The van der Waals surface area contributed by atoms with Gasteiger partial charge in [0.05, 0.1) is 17.1 Å². The zero-order chi connectivity index (χ0) is 24.2. The van der Waals surface area contributed by atoms with Gasteiger partial charge in [0.25, 0.3) is 5.91 Å². The summed E-state index contributed by atoms with van der Waals surface area (Å²) in [6, 6.07) is 31.1. The van der Waals surface area contributed by atoms with Crippen molar-refractivity contribution in [1.82, 2.24) is 14.8 Å². The number of rotatable bonds is 6. The van der Waals surface area contributed by atoms with Gasteiger partial charge in [-0.3, -0.25) is 4.79 Å². The number of pyridine rings is 1. The highest BCUT2D eigenvalue weighted by atomic mass is 16.1. The Kier molecular flexibility index (Phi) is 6.09. The fourth-order valence-electron chi connectivity index (χ4n) is 3.90. The number of nitrogens with one attached hydrogen (secondary N) is 2. The van der Waals surface area contributed by atoms with E-state index in [0.717, 1.165) is 34.0 Å². The summed E-state index contributed by atoms with van der Waals surface area (Å²) in [4.78, 5) is 17.0. The van der Waals surface area contributed by atoms with Crippen LogP contribution in [0.1, 0.15) is 21.6 Å². The van der Waals surface area contributed by atoms with Crippen LogP contribution in [0.3, 0.4) is 0 Å². The maximum absolute atomic E-state index is 12.5. The minimum Gasteiger partial charge on any atom is -0.340 e. The van der Waals surface area contributed by atoms with E-state index in [1.807, 2.05) is 72.3 Å². The summed E-state index contributed by atoms with van der Waals surface area (Å²) in [6.45, 7) is 4.07. The molecule has 0 bridgehead atoms. The molecule has 5 aromatic rings. The van der Waals surface area contributed by atoms with Crippen molar-refractivity contribution in [2.75, 3.05) is 10.6 Å². The predicted octanol–water partition coefficient (Wildman–Crippen LogP) is 6.55. The fraction of sp³-hybridized carbons (Fsp3) is 0.0690. The lowest BCUT2D eigenvalue weighted by Crippen LogP contribution is -2.11. The SMILES string of the molecule is Cc1cccc(-n2nc(C)cc2-c2ccnc(Nc3ccc(C(=O)Nc4ccccc4)cc3)c2)c1. The van der Waals surface area contributed by atoms with Gasteiger partial charge in [0, 0.05) is 28.7 Å². The number of carbonyl (C=O) groups excluding carboxylic acids is 1. The van der Waals surface area contributed by atoms with Gasteiger partial charge >= 0.3 is 0 Å². The molecule has 0 radical (unpaired) electrons. The van der Waals surface area contributed by atoms with Gasteiger partial charge in [0.2, 0.25) is 0 Å². The molecule has 0 fully saturated rings. The molecule has 3 aromatic carbocycles. The second-order valence-electron chi connectivity index (χ2n) is 8.37. The molecule has 2 N–H and O–H groups in total. The maximum Gasteiger partial charge on any atom is 0.255 e. The minimum absolute atomic E-state index is 0.150. The van der Waals surface area contributed by atoms with E-state index in [-0.39, 0.29) is 5.91 Å². The smallest absolute Gasteiger partial charge is 0.255 e. The Hall–Kier alpha value is -4.71. The summed E-state index contributed by atoms with van der Waals surface area (Å²) in [7, 11) is 0. The molecular weight excluding hydrogens is 434 g/mol. The Morgan fingerprint density at radius 1 is 0.800 bits per heavy atom. The van der Waals surface area contributed by atoms with Crippen molar-refractivity contribution in [2.45, 2.75) is 13.8 Å². The lowest BCUT2D eigenvalue weighted by Gasteiger charge is -2.11. The number of carbonyl (C=O) groups is 1. The lowest BCUT2D eigenvalue weighted by atomic mass is 10.1. The number of anilines is 3. The number of aryl methyl sites for hydroxylation is 2. The molecule has 2 heterocycles. The predicted molar refractivity (Wildman–Crippen MR) is 140 cm³/mol. The topological polar surface area (TPSA) is 71.8 Å². The largest absolute Gasteiger partial charge is 0.340 e. The molecule has 6 nitrogen and oxygen atoms in total. The van der Waals surface area contributed by atoms with Crippen LogP contribution >= 0.6 is 0 Å². The molecule has 0 saturated carbocycles. The van der Waals surface area contributed by atoms with Crippen LogP contribution in [0.2, 0.25) is 0 Å². The van der Waals surface area contributed by atoms with Crippen molar-refractivity contribution in [3.8, 4) is 16.9 Å². The average molecular weight is 460 g/mol. The number of nitrogens with zero attached hydrogens (tertiary/aromatic N) is 3. The van der Waals surface area contributed by atoms with Crippen LogP contribution < -0.4 is 10.6 Å². The monoisotopic (exact) mass is 459 g/mol. The first-order valence-corrected chi connectivity index (χ1v) is 11.4. The summed E-state index contributed by atoms with van der Waals surface area (Å²) in [5, 5.41) is 10.9. The summed E-state index contributed by atoms with van der Waals surface area (Å²) in [5.74, 6) is 0.557. The van der Waals surface area contributed by atoms with Crippen LogP contribution in [0, 0.1) is 13.8 Å². The highest BCUT2D eigenvalue weighted by molar-refractivity contribution is 6.04. The van der Waals surface area contributed by atoms with Crippen LogP contribution in [0.4, 0.5) is 17.2 Å². The molecule has 0 unspecified atom stereocenters. The van der Waals surface area contributed by atoms with Crippen molar-refractivity contribution in [2.24, 2.45) is 0 Å². The minimum atomic E-state index is -0.150. The second-order valence-corrected chi connectivity index (χ2v) is 8.37. The normalized spacial score (nSPS) is 10.7. The molecule has 0 aliphatic carbocycles. The Balaban J connectivity index is 1.35. The molecular formula is C29H25N5O. The first-order valence-electron chi connectivity index (χ1n) is 11.4. The van der Waals surface area contributed by atoms with E-state index in [0.29, 0.717) is 11.4 Å². The maximum atomic E-state index is 12.5. The highest BCUT2D eigenvalue weighted by Crippen LogP contribution is 2.27. The molecule has 6 heteroatoms. The zero-order valence-corrected chi connectivity index (χ0v) is 19.6. The van der Waals surface area contributed by atoms with E-state index in [1.54, 1.807) is 18.3 Å². The van der Waals surface area contributed by atoms with Crippen LogP contribution in [0.5, 0.6) is 0 Å². The van der Waals surface area contributed by atoms with E-state index in [9.17, 15) is 4.79 Å². The van der Waals surface area contributed by atoms with Crippen LogP contribution in [-0.4, -0.2) is 20.7 Å². The van der Waals surface area contributed by atoms with Gasteiger partial charge in [0.1, 0.15) is 5.82 Å². The lowest BCUT2D eigenvalue weighted by molar-refractivity contribution is 0.102. The van der Waals surface area contributed by atoms with Crippen molar-refractivity contribution in [1.29, 1.82) is 0 Å². The van der Waals surface area contributed by atoms with Gasteiger partial charge in [-0.05, 0) is 86.1 Å². The number of hydrogen-bond donors (Lipinski definition) is 2. The van der Waals surface area contributed by atoms with Crippen molar-refractivity contribution in [3.05, 3.63) is 120 Å². The Morgan fingerprint density at radius 3 is 2.37 bits per heavy atom.